The van der Waals surface area contributed by atoms with Gasteiger partial charge in [0.1, 0.15) is 0 Å². The maximum absolute atomic E-state index is 6.43. The quantitative estimate of drug-likeness (QED) is 0.205. The normalized spacial score (nSPS) is 13.4. The lowest BCUT2D eigenvalue weighted by molar-refractivity contribution is 0.114. The third-order valence-corrected chi connectivity index (χ3v) is 8.54. The van der Waals surface area contributed by atoms with Crippen molar-refractivity contribution < 1.29 is 8.85 Å². The molecule has 0 radical (unpaired) electrons. The van der Waals surface area contributed by atoms with E-state index in [1.165, 1.54) is 70.6 Å². The molecule has 2 nitrogen and oxygen atoms in total. The number of hydrogen-bond acceptors (Lipinski definition) is 2. The van der Waals surface area contributed by atoms with Crippen LogP contribution in [0.4, 0.5) is 0 Å². The van der Waals surface area contributed by atoms with Crippen molar-refractivity contribution in [1.82, 2.24) is 0 Å². The summed E-state index contributed by atoms with van der Waals surface area (Å²) in [7, 11) is -1.94. The van der Waals surface area contributed by atoms with E-state index < -0.39 is 8.56 Å². The standard InChI is InChI=1S/C20H44O2Si/c1-6-10-12-13-14-15-16-17-19-21-23(8-3,9-4)22-20(5)18-11-7-2/h20H,6-19H2,1-5H3. The van der Waals surface area contributed by atoms with Gasteiger partial charge in [-0.1, -0.05) is 85.5 Å². The maximum Gasteiger partial charge on any atom is 0.337 e. The lowest BCUT2D eigenvalue weighted by atomic mass is 10.1. The zero-order valence-electron chi connectivity index (χ0n) is 16.8. The van der Waals surface area contributed by atoms with Gasteiger partial charge >= 0.3 is 8.56 Å². The van der Waals surface area contributed by atoms with E-state index in [-0.39, 0.29) is 0 Å². The second-order valence-corrected chi connectivity index (χ2v) is 10.8. The van der Waals surface area contributed by atoms with Gasteiger partial charge in [0.2, 0.25) is 0 Å². The van der Waals surface area contributed by atoms with Gasteiger partial charge in [-0.3, -0.25) is 0 Å². The first-order valence-electron chi connectivity index (χ1n) is 10.5. The van der Waals surface area contributed by atoms with E-state index in [2.05, 4.69) is 34.6 Å². The van der Waals surface area contributed by atoms with Crippen molar-refractivity contribution in [1.29, 1.82) is 0 Å². The molecule has 0 aromatic rings. The van der Waals surface area contributed by atoms with Crippen LogP contribution in [0.3, 0.4) is 0 Å². The molecule has 0 heterocycles. The summed E-state index contributed by atoms with van der Waals surface area (Å²) in [5, 5.41) is 0. The Hall–Kier alpha value is 0.137. The third kappa shape index (κ3) is 12.2. The first-order chi connectivity index (χ1) is 11.1. The van der Waals surface area contributed by atoms with Gasteiger partial charge in [-0.15, -0.1) is 0 Å². The van der Waals surface area contributed by atoms with Gasteiger partial charge < -0.3 is 8.85 Å². The van der Waals surface area contributed by atoms with Crippen molar-refractivity contribution in [2.75, 3.05) is 6.61 Å². The smallest absolute Gasteiger partial charge is 0.337 e. The topological polar surface area (TPSA) is 18.5 Å². The highest BCUT2D eigenvalue weighted by Crippen LogP contribution is 2.23. The first kappa shape index (κ1) is 23.1. The van der Waals surface area contributed by atoms with Crippen molar-refractivity contribution in [2.24, 2.45) is 0 Å². The maximum atomic E-state index is 6.43. The third-order valence-electron chi connectivity index (χ3n) is 4.82. The van der Waals surface area contributed by atoms with Gasteiger partial charge in [0.05, 0.1) is 0 Å². The highest BCUT2D eigenvalue weighted by Gasteiger charge is 2.35. The molecule has 0 aromatic heterocycles. The summed E-state index contributed by atoms with van der Waals surface area (Å²) in [4.78, 5) is 0. The highest BCUT2D eigenvalue weighted by molar-refractivity contribution is 6.67. The molecule has 140 valence electrons. The van der Waals surface area contributed by atoms with Crippen LogP contribution < -0.4 is 0 Å². The van der Waals surface area contributed by atoms with E-state index in [0.717, 1.165) is 18.7 Å². The van der Waals surface area contributed by atoms with Crippen molar-refractivity contribution in [3.05, 3.63) is 0 Å². The summed E-state index contributed by atoms with van der Waals surface area (Å²) in [6, 6.07) is 2.16. The van der Waals surface area contributed by atoms with Crippen molar-refractivity contribution in [3.63, 3.8) is 0 Å². The SMILES string of the molecule is CCCCCCCCCCO[Si](CC)(CC)OC(C)CCCC. The molecule has 0 saturated heterocycles. The van der Waals surface area contributed by atoms with Crippen LogP contribution in [0.1, 0.15) is 105 Å². The summed E-state index contributed by atoms with van der Waals surface area (Å²) in [5.74, 6) is 0. The van der Waals surface area contributed by atoms with Crippen molar-refractivity contribution in [3.8, 4) is 0 Å². The molecule has 0 amide bonds. The van der Waals surface area contributed by atoms with Crippen LogP contribution in [0.15, 0.2) is 0 Å². The molecule has 0 aliphatic heterocycles. The van der Waals surface area contributed by atoms with Gasteiger partial charge in [-0.05, 0) is 31.9 Å². The van der Waals surface area contributed by atoms with E-state index in [1.807, 2.05) is 0 Å². The minimum absolute atomic E-state index is 0.361. The fourth-order valence-corrected chi connectivity index (χ4v) is 5.74. The molecular formula is C20H44O2Si. The Balaban J connectivity index is 3.86. The second kappa shape index (κ2) is 15.7. The predicted octanol–water partition coefficient (Wildman–Crippen LogP) is 7.22. The average molecular weight is 345 g/mol. The van der Waals surface area contributed by atoms with Crippen molar-refractivity contribution >= 4 is 8.56 Å². The van der Waals surface area contributed by atoms with Crippen LogP contribution in [0.2, 0.25) is 12.1 Å². The van der Waals surface area contributed by atoms with Crippen molar-refractivity contribution in [2.45, 2.75) is 123 Å². The summed E-state index contributed by atoms with van der Waals surface area (Å²) in [5.41, 5.74) is 0. The molecule has 23 heavy (non-hydrogen) atoms. The molecule has 0 spiro atoms. The number of rotatable bonds is 17. The Labute approximate surface area is 148 Å². The van der Waals surface area contributed by atoms with Gasteiger partial charge in [0.25, 0.3) is 0 Å². The van der Waals surface area contributed by atoms with Crippen LogP contribution in [-0.2, 0) is 8.85 Å². The summed E-state index contributed by atoms with van der Waals surface area (Å²) >= 11 is 0. The van der Waals surface area contributed by atoms with E-state index in [1.54, 1.807) is 0 Å². The predicted molar refractivity (Wildman–Crippen MR) is 105 cm³/mol. The van der Waals surface area contributed by atoms with Gasteiger partial charge in [0, 0.05) is 12.7 Å². The number of unbranched alkanes of at least 4 members (excludes halogenated alkanes) is 8. The molecule has 0 N–H and O–H groups in total. The number of hydrogen-bond donors (Lipinski definition) is 0. The first-order valence-corrected chi connectivity index (χ1v) is 12.7. The molecule has 1 atom stereocenters. The highest BCUT2D eigenvalue weighted by atomic mass is 28.4. The minimum Gasteiger partial charge on any atom is -0.394 e. The van der Waals surface area contributed by atoms with Gasteiger partial charge in [-0.25, -0.2) is 0 Å². The average Bonchev–Trinajstić information content (AvgIpc) is 2.57. The Morgan fingerprint density at radius 3 is 1.74 bits per heavy atom. The lowest BCUT2D eigenvalue weighted by Crippen LogP contribution is -2.43. The van der Waals surface area contributed by atoms with E-state index in [0.29, 0.717) is 6.10 Å². The molecule has 0 fully saturated rings. The molecule has 3 heteroatoms. The van der Waals surface area contributed by atoms with E-state index in [4.69, 9.17) is 8.85 Å². The van der Waals surface area contributed by atoms with Gasteiger partial charge in [-0.2, -0.15) is 0 Å². The zero-order valence-corrected chi connectivity index (χ0v) is 17.8. The van der Waals surface area contributed by atoms with Gasteiger partial charge in [0.15, 0.2) is 0 Å². The molecule has 0 bridgehead atoms. The van der Waals surface area contributed by atoms with Crippen LogP contribution in [0.5, 0.6) is 0 Å². The molecule has 0 aliphatic rings. The Morgan fingerprint density at radius 1 is 0.696 bits per heavy atom. The van der Waals surface area contributed by atoms with Crippen LogP contribution in [0, 0.1) is 0 Å². The fraction of sp³-hybridized carbons (Fsp3) is 1.00. The largest absolute Gasteiger partial charge is 0.394 e. The minimum atomic E-state index is -1.94. The van der Waals surface area contributed by atoms with Crippen LogP contribution in [-0.4, -0.2) is 21.3 Å². The molecule has 1 unspecified atom stereocenters. The summed E-state index contributed by atoms with van der Waals surface area (Å²) in [6.07, 6.45) is 14.9. The van der Waals surface area contributed by atoms with Crippen LogP contribution in [0.25, 0.3) is 0 Å². The Kier molecular flexibility index (Phi) is 15.7. The summed E-state index contributed by atoms with van der Waals surface area (Å²) < 4.78 is 12.8. The lowest BCUT2D eigenvalue weighted by Gasteiger charge is -2.32. The summed E-state index contributed by atoms with van der Waals surface area (Å²) in [6.45, 7) is 12.1. The monoisotopic (exact) mass is 344 g/mol. The Morgan fingerprint density at radius 2 is 1.22 bits per heavy atom. The molecular weight excluding hydrogens is 300 g/mol. The molecule has 0 aromatic carbocycles. The Bertz CT molecular complexity index is 242. The fourth-order valence-electron chi connectivity index (χ4n) is 3.07. The molecule has 0 aliphatic carbocycles. The van der Waals surface area contributed by atoms with E-state index >= 15 is 0 Å². The van der Waals surface area contributed by atoms with E-state index in [9.17, 15) is 0 Å². The zero-order chi connectivity index (χ0) is 17.4. The molecule has 0 rings (SSSR count). The molecule has 0 saturated carbocycles. The van der Waals surface area contributed by atoms with Crippen LogP contribution >= 0.6 is 0 Å². The second-order valence-electron chi connectivity index (χ2n) is 7.01.